The molecular formula is C21H23FN2O4. The Labute approximate surface area is 162 Å². The highest BCUT2D eigenvalue weighted by atomic mass is 19.1. The minimum Gasteiger partial charge on any atom is -0.495 e. The highest BCUT2D eigenvalue weighted by Gasteiger charge is 2.36. The lowest BCUT2D eigenvalue weighted by molar-refractivity contribution is -0.126. The number of anilines is 1. The summed E-state index contributed by atoms with van der Waals surface area (Å²) >= 11 is 0. The Kier molecular flexibility index (Phi) is 5.94. The molecule has 28 heavy (non-hydrogen) atoms. The summed E-state index contributed by atoms with van der Waals surface area (Å²) < 4.78 is 18.3. The summed E-state index contributed by atoms with van der Waals surface area (Å²) in [6.45, 7) is 2.16. The molecule has 1 saturated heterocycles. The summed E-state index contributed by atoms with van der Waals surface area (Å²) in [6, 6.07) is 11.0. The zero-order valence-electron chi connectivity index (χ0n) is 15.8. The highest BCUT2D eigenvalue weighted by Crippen LogP contribution is 2.34. The third-order valence-electron chi connectivity index (χ3n) is 4.85. The first-order chi connectivity index (χ1) is 13.4. The predicted octanol–water partition coefficient (Wildman–Crippen LogP) is 2.35. The number of carbonyl (C=O) groups is 2. The standard InChI is InChI=1S/C21H23FN2O4/c1-13-3-8-19(28-2)17(9-13)24-12-15(10-20(24)26)21(27)23-11-18(25)14-4-6-16(22)7-5-14/h3-9,15,18,25H,10-12H2,1-2H3,(H,23,27). The van der Waals surface area contributed by atoms with E-state index in [0.29, 0.717) is 17.0 Å². The van der Waals surface area contributed by atoms with Gasteiger partial charge in [-0.05, 0) is 42.3 Å². The monoisotopic (exact) mass is 386 g/mol. The van der Waals surface area contributed by atoms with Crippen molar-refractivity contribution < 1.29 is 23.8 Å². The van der Waals surface area contributed by atoms with Gasteiger partial charge >= 0.3 is 0 Å². The number of amides is 2. The van der Waals surface area contributed by atoms with Crippen LogP contribution in [-0.2, 0) is 9.59 Å². The van der Waals surface area contributed by atoms with E-state index in [9.17, 15) is 19.1 Å². The maximum atomic E-state index is 13.0. The third-order valence-corrected chi connectivity index (χ3v) is 4.85. The molecule has 3 rings (SSSR count). The first-order valence-corrected chi connectivity index (χ1v) is 9.05. The van der Waals surface area contributed by atoms with Gasteiger partial charge in [-0.3, -0.25) is 9.59 Å². The zero-order valence-corrected chi connectivity index (χ0v) is 15.8. The molecule has 0 saturated carbocycles. The van der Waals surface area contributed by atoms with E-state index in [1.807, 2.05) is 19.1 Å². The number of benzene rings is 2. The van der Waals surface area contributed by atoms with Gasteiger partial charge in [-0.25, -0.2) is 4.39 Å². The topological polar surface area (TPSA) is 78.9 Å². The van der Waals surface area contributed by atoms with Crippen LogP contribution in [0.4, 0.5) is 10.1 Å². The molecule has 0 radical (unpaired) electrons. The SMILES string of the molecule is COc1ccc(C)cc1N1CC(C(=O)NCC(O)c2ccc(F)cc2)CC1=O. The van der Waals surface area contributed by atoms with E-state index in [1.54, 1.807) is 11.0 Å². The van der Waals surface area contributed by atoms with Crippen molar-refractivity contribution in [2.75, 3.05) is 25.1 Å². The summed E-state index contributed by atoms with van der Waals surface area (Å²) in [5, 5.41) is 12.8. The Hall–Kier alpha value is -2.93. The first-order valence-electron chi connectivity index (χ1n) is 9.05. The molecule has 1 heterocycles. The first kappa shape index (κ1) is 19.8. The number of aryl methyl sites for hydroxylation is 1. The van der Waals surface area contributed by atoms with Crippen molar-refractivity contribution in [1.82, 2.24) is 5.32 Å². The van der Waals surface area contributed by atoms with Gasteiger partial charge in [-0.1, -0.05) is 18.2 Å². The van der Waals surface area contributed by atoms with Crippen LogP contribution in [0.2, 0.25) is 0 Å². The van der Waals surface area contributed by atoms with Crippen molar-refractivity contribution in [2.45, 2.75) is 19.4 Å². The fraction of sp³-hybridized carbons (Fsp3) is 0.333. The fourth-order valence-corrected chi connectivity index (χ4v) is 3.27. The molecule has 0 spiro atoms. The number of hydrogen-bond acceptors (Lipinski definition) is 4. The van der Waals surface area contributed by atoms with Gasteiger partial charge in [0.25, 0.3) is 0 Å². The number of halogens is 1. The molecule has 2 aromatic rings. The van der Waals surface area contributed by atoms with Crippen molar-refractivity contribution in [2.24, 2.45) is 5.92 Å². The maximum absolute atomic E-state index is 13.0. The Morgan fingerprint density at radius 1 is 1.32 bits per heavy atom. The van der Waals surface area contributed by atoms with E-state index < -0.39 is 17.8 Å². The minimum atomic E-state index is -0.949. The number of carbonyl (C=O) groups excluding carboxylic acids is 2. The number of rotatable bonds is 6. The van der Waals surface area contributed by atoms with Gasteiger partial charge < -0.3 is 20.1 Å². The summed E-state index contributed by atoms with van der Waals surface area (Å²) in [5.41, 5.74) is 2.14. The molecule has 2 unspecified atom stereocenters. The smallest absolute Gasteiger partial charge is 0.227 e. The molecule has 1 aliphatic heterocycles. The number of ether oxygens (including phenoxy) is 1. The molecule has 2 amide bonds. The zero-order chi connectivity index (χ0) is 20.3. The van der Waals surface area contributed by atoms with Gasteiger partial charge in [-0.15, -0.1) is 0 Å². The van der Waals surface area contributed by atoms with Gasteiger partial charge in [0.05, 0.1) is 24.8 Å². The van der Waals surface area contributed by atoms with Crippen molar-refractivity contribution in [3.05, 3.63) is 59.4 Å². The second kappa shape index (κ2) is 8.39. The minimum absolute atomic E-state index is 0.0110. The summed E-state index contributed by atoms with van der Waals surface area (Å²) in [6.07, 6.45) is -0.857. The normalized spacial score (nSPS) is 17.5. The Balaban J connectivity index is 1.62. The van der Waals surface area contributed by atoms with Crippen LogP contribution in [-0.4, -0.2) is 37.1 Å². The third kappa shape index (κ3) is 4.31. The van der Waals surface area contributed by atoms with E-state index in [1.165, 1.54) is 31.4 Å². The lowest BCUT2D eigenvalue weighted by Gasteiger charge is -2.20. The maximum Gasteiger partial charge on any atom is 0.227 e. The van der Waals surface area contributed by atoms with E-state index in [4.69, 9.17) is 4.74 Å². The second-order valence-corrected chi connectivity index (χ2v) is 6.89. The van der Waals surface area contributed by atoms with Crippen LogP contribution >= 0.6 is 0 Å². The molecule has 0 bridgehead atoms. The number of methoxy groups -OCH3 is 1. The lowest BCUT2D eigenvalue weighted by atomic mass is 10.1. The summed E-state index contributed by atoms with van der Waals surface area (Å²) in [5.74, 6) is -0.784. The fourth-order valence-electron chi connectivity index (χ4n) is 3.27. The molecule has 2 atom stereocenters. The molecule has 7 heteroatoms. The van der Waals surface area contributed by atoms with Crippen LogP contribution in [0.25, 0.3) is 0 Å². The average molecular weight is 386 g/mol. The van der Waals surface area contributed by atoms with Crippen molar-refractivity contribution in [3.63, 3.8) is 0 Å². The van der Waals surface area contributed by atoms with Gasteiger partial charge in [0.15, 0.2) is 0 Å². The van der Waals surface area contributed by atoms with E-state index >= 15 is 0 Å². The molecule has 148 valence electrons. The Morgan fingerprint density at radius 3 is 2.71 bits per heavy atom. The van der Waals surface area contributed by atoms with Gasteiger partial charge in [-0.2, -0.15) is 0 Å². The van der Waals surface area contributed by atoms with Gasteiger partial charge in [0.2, 0.25) is 11.8 Å². The number of aliphatic hydroxyl groups is 1. The number of aliphatic hydroxyl groups excluding tert-OH is 1. The molecule has 0 aromatic heterocycles. The van der Waals surface area contributed by atoms with Crippen LogP contribution in [0.3, 0.4) is 0 Å². The summed E-state index contributed by atoms with van der Waals surface area (Å²) in [4.78, 5) is 26.5. The number of nitrogens with zero attached hydrogens (tertiary/aromatic N) is 1. The average Bonchev–Trinajstić information content (AvgIpc) is 3.08. The van der Waals surface area contributed by atoms with Crippen LogP contribution in [0.15, 0.2) is 42.5 Å². The van der Waals surface area contributed by atoms with E-state index in [-0.39, 0.29) is 31.3 Å². The lowest BCUT2D eigenvalue weighted by Crippen LogP contribution is -2.35. The molecule has 2 N–H and O–H groups in total. The number of hydrogen-bond donors (Lipinski definition) is 2. The van der Waals surface area contributed by atoms with Crippen molar-refractivity contribution >= 4 is 17.5 Å². The molecular weight excluding hydrogens is 363 g/mol. The van der Waals surface area contributed by atoms with Crippen LogP contribution in [0.1, 0.15) is 23.7 Å². The van der Waals surface area contributed by atoms with Crippen LogP contribution in [0, 0.1) is 18.7 Å². The van der Waals surface area contributed by atoms with Crippen LogP contribution < -0.4 is 15.0 Å². The van der Waals surface area contributed by atoms with Crippen molar-refractivity contribution in [3.8, 4) is 5.75 Å². The van der Waals surface area contributed by atoms with Crippen molar-refractivity contribution in [1.29, 1.82) is 0 Å². The summed E-state index contributed by atoms with van der Waals surface area (Å²) in [7, 11) is 1.54. The van der Waals surface area contributed by atoms with Crippen LogP contribution in [0.5, 0.6) is 5.75 Å². The largest absolute Gasteiger partial charge is 0.495 e. The Bertz CT molecular complexity index is 869. The number of nitrogens with one attached hydrogen (secondary N) is 1. The van der Waals surface area contributed by atoms with Gasteiger partial charge in [0, 0.05) is 19.5 Å². The Morgan fingerprint density at radius 2 is 2.04 bits per heavy atom. The van der Waals surface area contributed by atoms with E-state index in [0.717, 1.165) is 5.56 Å². The second-order valence-electron chi connectivity index (χ2n) is 6.89. The van der Waals surface area contributed by atoms with E-state index in [2.05, 4.69) is 5.32 Å². The molecule has 6 nitrogen and oxygen atoms in total. The predicted molar refractivity (Wildman–Crippen MR) is 103 cm³/mol. The highest BCUT2D eigenvalue weighted by molar-refractivity contribution is 6.01. The molecule has 0 aliphatic carbocycles. The quantitative estimate of drug-likeness (QED) is 0.799. The molecule has 1 fully saturated rings. The molecule has 2 aromatic carbocycles. The molecule has 1 aliphatic rings. The van der Waals surface area contributed by atoms with Gasteiger partial charge in [0.1, 0.15) is 11.6 Å².